The monoisotopic (exact) mass is 225 g/mol. The van der Waals surface area contributed by atoms with Gasteiger partial charge in [-0.05, 0) is 39.5 Å². The molecule has 0 radical (unpaired) electrons. The van der Waals surface area contributed by atoms with Crippen LogP contribution in [0, 0.1) is 5.92 Å². The number of likely N-dealkylation sites (tertiary alicyclic amines) is 1. The van der Waals surface area contributed by atoms with Crippen molar-refractivity contribution in [3.05, 3.63) is 0 Å². The van der Waals surface area contributed by atoms with E-state index >= 15 is 0 Å². The molecule has 1 saturated carbocycles. The molecule has 3 heteroatoms. The molecule has 0 aromatic carbocycles. The van der Waals surface area contributed by atoms with E-state index in [1.807, 2.05) is 0 Å². The average Bonchev–Trinajstić information content (AvgIpc) is 2.84. The third-order valence-corrected chi connectivity index (χ3v) is 3.77. The fourth-order valence-corrected chi connectivity index (χ4v) is 2.99. The molecule has 3 atom stereocenters. The van der Waals surface area contributed by atoms with Crippen LogP contribution in [0.15, 0.2) is 0 Å². The lowest BCUT2D eigenvalue weighted by atomic mass is 10.1. The first-order valence-corrected chi connectivity index (χ1v) is 6.44. The maximum Gasteiger partial charge on any atom is 0.132 e. The quantitative estimate of drug-likeness (QED) is 0.646. The van der Waals surface area contributed by atoms with Gasteiger partial charge in [0.15, 0.2) is 0 Å². The highest BCUT2D eigenvalue weighted by Crippen LogP contribution is 2.48. The summed E-state index contributed by atoms with van der Waals surface area (Å²) in [5.74, 6) is 1.15. The predicted octanol–water partition coefficient (Wildman–Crippen LogP) is 1.85. The molecule has 0 bridgehead atoms. The Bertz CT molecular complexity index is 265. The zero-order chi connectivity index (χ0) is 11.7. The molecule has 2 fully saturated rings. The number of nitrogens with zero attached hydrogens (tertiary/aromatic N) is 1. The number of piperidine rings is 1. The number of ketones is 1. The number of carbonyl (C=O) groups is 1. The largest absolute Gasteiger partial charge is 0.379 e. The molecule has 0 unspecified atom stereocenters. The molecule has 0 aromatic rings. The lowest BCUT2D eigenvalue weighted by molar-refractivity contribution is -0.118. The Kier molecular flexibility index (Phi) is 3.65. The normalized spacial score (nSPS) is 33.1. The molecule has 3 nitrogen and oxygen atoms in total. The predicted molar refractivity (Wildman–Crippen MR) is 63.4 cm³/mol. The first kappa shape index (κ1) is 12.1. The van der Waals surface area contributed by atoms with Gasteiger partial charge in [0, 0.05) is 24.5 Å². The van der Waals surface area contributed by atoms with Crippen LogP contribution >= 0.6 is 0 Å². The third kappa shape index (κ3) is 2.64. The van der Waals surface area contributed by atoms with E-state index in [9.17, 15) is 4.79 Å². The van der Waals surface area contributed by atoms with Gasteiger partial charge in [0.2, 0.25) is 0 Å². The Balaban J connectivity index is 1.71. The van der Waals surface area contributed by atoms with Crippen molar-refractivity contribution >= 4 is 5.78 Å². The third-order valence-electron chi connectivity index (χ3n) is 3.77. The smallest absolute Gasteiger partial charge is 0.132 e. The fourth-order valence-electron chi connectivity index (χ4n) is 2.99. The highest BCUT2D eigenvalue weighted by molar-refractivity contribution is 5.75. The van der Waals surface area contributed by atoms with Crippen LogP contribution in [0.3, 0.4) is 0 Å². The van der Waals surface area contributed by atoms with Crippen LogP contribution in [0.5, 0.6) is 0 Å². The molecular formula is C13H23NO2. The van der Waals surface area contributed by atoms with Gasteiger partial charge in [-0.3, -0.25) is 9.69 Å². The van der Waals surface area contributed by atoms with Gasteiger partial charge in [-0.2, -0.15) is 0 Å². The van der Waals surface area contributed by atoms with Gasteiger partial charge in [0.1, 0.15) is 5.78 Å². The summed E-state index contributed by atoms with van der Waals surface area (Å²) in [6.07, 6.45) is 3.24. The molecule has 0 aromatic heterocycles. The number of rotatable bonds is 6. The number of hydrogen-bond acceptors (Lipinski definition) is 3. The molecule has 0 spiro atoms. The van der Waals surface area contributed by atoms with E-state index in [-0.39, 0.29) is 5.78 Å². The molecule has 2 aliphatic rings. The number of hydrogen-bond donors (Lipinski definition) is 0. The van der Waals surface area contributed by atoms with Crippen LogP contribution in [0.2, 0.25) is 0 Å². The van der Waals surface area contributed by atoms with Gasteiger partial charge in [-0.25, -0.2) is 0 Å². The highest BCUT2D eigenvalue weighted by atomic mass is 16.5. The van der Waals surface area contributed by atoms with E-state index in [1.54, 1.807) is 6.92 Å². The zero-order valence-electron chi connectivity index (χ0n) is 10.6. The van der Waals surface area contributed by atoms with Crippen molar-refractivity contribution in [3.63, 3.8) is 0 Å². The van der Waals surface area contributed by atoms with Gasteiger partial charge in [0.05, 0.1) is 13.2 Å². The fraction of sp³-hybridized carbons (Fsp3) is 0.923. The van der Waals surface area contributed by atoms with E-state index in [2.05, 4.69) is 18.7 Å². The molecule has 1 heterocycles. The van der Waals surface area contributed by atoms with Crippen LogP contribution in [0.1, 0.15) is 40.0 Å². The van der Waals surface area contributed by atoms with Gasteiger partial charge in [-0.1, -0.05) is 0 Å². The van der Waals surface area contributed by atoms with Crippen LogP contribution in [-0.4, -0.2) is 42.0 Å². The summed E-state index contributed by atoms with van der Waals surface area (Å²) in [5, 5.41) is 0. The molecular weight excluding hydrogens is 202 g/mol. The molecule has 0 amide bonds. The summed E-state index contributed by atoms with van der Waals surface area (Å²) < 4.78 is 5.62. The summed E-state index contributed by atoms with van der Waals surface area (Å²) in [4.78, 5) is 13.4. The lowest BCUT2D eigenvalue weighted by Gasteiger charge is -2.30. The van der Waals surface area contributed by atoms with Crippen molar-refractivity contribution < 1.29 is 9.53 Å². The van der Waals surface area contributed by atoms with Gasteiger partial charge >= 0.3 is 0 Å². The molecule has 1 aliphatic heterocycles. The maximum atomic E-state index is 10.8. The molecule has 2 rings (SSSR count). The topological polar surface area (TPSA) is 29.5 Å². The van der Waals surface area contributed by atoms with E-state index in [4.69, 9.17) is 4.74 Å². The van der Waals surface area contributed by atoms with Crippen molar-refractivity contribution in [2.45, 2.75) is 58.2 Å². The number of Topliss-reactive ketones (excluding diaryl/α,β-unsaturated/α-hetero) is 1. The van der Waals surface area contributed by atoms with E-state index in [0.717, 1.165) is 18.6 Å². The minimum atomic E-state index is 0.218. The van der Waals surface area contributed by atoms with E-state index in [0.29, 0.717) is 25.1 Å². The maximum absolute atomic E-state index is 10.8. The number of carbonyl (C=O) groups excluding carboxylic acids is 1. The van der Waals surface area contributed by atoms with Crippen LogP contribution in [0.25, 0.3) is 0 Å². The zero-order valence-corrected chi connectivity index (χ0v) is 10.6. The molecule has 0 N–H and O–H groups in total. The van der Waals surface area contributed by atoms with Crippen molar-refractivity contribution in [1.82, 2.24) is 4.90 Å². The Labute approximate surface area is 98.1 Å². The standard InChI is InChI=1S/C13H23NO2/c1-9(2)14-12(6-11-7-13(11)14)8-16-5-4-10(3)15/h9,11-13H,4-8H2,1-3H3/t11-,12-,13+/m0/s1. The van der Waals surface area contributed by atoms with Crippen LogP contribution in [-0.2, 0) is 9.53 Å². The average molecular weight is 225 g/mol. The molecule has 92 valence electrons. The minimum absolute atomic E-state index is 0.218. The van der Waals surface area contributed by atoms with Crippen molar-refractivity contribution in [1.29, 1.82) is 0 Å². The lowest BCUT2D eigenvalue weighted by Crippen LogP contribution is -2.41. The van der Waals surface area contributed by atoms with Crippen molar-refractivity contribution in [2.75, 3.05) is 13.2 Å². The SMILES string of the molecule is CC(=O)CCOC[C@@H]1C[C@H]2C[C@H]2N1C(C)C. The number of fused-ring (bicyclic) bond motifs is 1. The Morgan fingerprint density at radius 3 is 2.81 bits per heavy atom. The van der Waals surface area contributed by atoms with E-state index in [1.165, 1.54) is 12.8 Å². The summed E-state index contributed by atoms with van der Waals surface area (Å²) in [6.45, 7) is 7.55. The summed E-state index contributed by atoms with van der Waals surface area (Å²) in [7, 11) is 0. The highest BCUT2D eigenvalue weighted by Gasteiger charge is 2.52. The van der Waals surface area contributed by atoms with Crippen LogP contribution in [0.4, 0.5) is 0 Å². The van der Waals surface area contributed by atoms with Gasteiger partial charge in [0.25, 0.3) is 0 Å². The molecule has 16 heavy (non-hydrogen) atoms. The molecule has 1 aliphatic carbocycles. The van der Waals surface area contributed by atoms with Crippen molar-refractivity contribution in [3.8, 4) is 0 Å². The Morgan fingerprint density at radius 2 is 2.19 bits per heavy atom. The van der Waals surface area contributed by atoms with Crippen molar-refractivity contribution in [2.24, 2.45) is 5.92 Å². The summed E-state index contributed by atoms with van der Waals surface area (Å²) in [6, 6.07) is 2.05. The van der Waals surface area contributed by atoms with Crippen LogP contribution < -0.4 is 0 Å². The second-order valence-corrected chi connectivity index (χ2v) is 5.52. The first-order chi connectivity index (χ1) is 7.59. The second kappa shape index (κ2) is 4.84. The minimum Gasteiger partial charge on any atom is -0.379 e. The number of ether oxygens (including phenoxy) is 1. The summed E-state index contributed by atoms with van der Waals surface area (Å²) >= 11 is 0. The summed E-state index contributed by atoms with van der Waals surface area (Å²) in [5.41, 5.74) is 0. The second-order valence-electron chi connectivity index (χ2n) is 5.52. The Morgan fingerprint density at radius 1 is 1.44 bits per heavy atom. The molecule has 1 saturated heterocycles. The van der Waals surface area contributed by atoms with Gasteiger partial charge < -0.3 is 4.74 Å². The first-order valence-electron chi connectivity index (χ1n) is 6.44. The van der Waals surface area contributed by atoms with E-state index < -0.39 is 0 Å². The Hall–Kier alpha value is -0.410. The van der Waals surface area contributed by atoms with Gasteiger partial charge in [-0.15, -0.1) is 0 Å².